The molecule has 2 aromatic rings. The minimum atomic E-state index is -0.530. The summed E-state index contributed by atoms with van der Waals surface area (Å²) < 4.78 is 10.6. The van der Waals surface area contributed by atoms with E-state index in [1.165, 1.54) is 31.6 Å². The predicted octanol–water partition coefficient (Wildman–Crippen LogP) is 3.58. The smallest absolute Gasteiger partial charge is 0.273 e. The molecule has 2 rings (SSSR count). The van der Waals surface area contributed by atoms with Gasteiger partial charge < -0.3 is 9.47 Å². The second-order valence-corrected chi connectivity index (χ2v) is 4.40. The number of hydrogen-bond donors (Lipinski definition) is 0. The van der Waals surface area contributed by atoms with Gasteiger partial charge in [0.1, 0.15) is 11.5 Å². The number of nitro groups is 1. The van der Waals surface area contributed by atoms with E-state index in [0.29, 0.717) is 5.56 Å². The molecule has 9 heteroatoms. The number of rotatable bonds is 5. The van der Waals surface area contributed by atoms with Crippen molar-refractivity contribution in [3.63, 3.8) is 0 Å². The molecule has 0 N–H and O–H groups in total. The van der Waals surface area contributed by atoms with E-state index in [1.807, 2.05) is 0 Å². The third-order valence-corrected chi connectivity index (χ3v) is 3.14. The van der Waals surface area contributed by atoms with Gasteiger partial charge in [-0.05, 0) is 6.07 Å². The maximum absolute atomic E-state index is 10.7. The minimum absolute atomic E-state index is 0.0598. The van der Waals surface area contributed by atoms with Crippen LogP contribution in [-0.2, 0) is 5.88 Å². The number of nitro benzene ring substituents is 1. The first kappa shape index (κ1) is 15.3. The summed E-state index contributed by atoms with van der Waals surface area (Å²) >= 11 is 11.7. The molecule has 0 atom stereocenters. The van der Waals surface area contributed by atoms with E-state index < -0.39 is 4.92 Å². The lowest BCUT2D eigenvalue weighted by atomic mass is 10.3. The molecule has 110 valence electrons. The SMILES string of the molecule is COc1cc([N+](=O)[O-])ccc1Oc1ncnc(Cl)c1CCl. The van der Waals surface area contributed by atoms with Crippen LogP contribution in [-0.4, -0.2) is 22.0 Å². The zero-order chi connectivity index (χ0) is 15.4. The van der Waals surface area contributed by atoms with Gasteiger partial charge >= 0.3 is 0 Å². The van der Waals surface area contributed by atoms with Crippen LogP contribution in [0.1, 0.15) is 5.56 Å². The summed E-state index contributed by atoms with van der Waals surface area (Å²) in [5, 5.41) is 10.9. The standard InChI is InChI=1S/C12H9Cl2N3O4/c1-20-10-4-7(17(18)19)2-3-9(10)21-12-8(5-13)11(14)15-6-16-12/h2-4,6H,5H2,1H3. The molecule has 0 saturated carbocycles. The average Bonchev–Trinajstić information content (AvgIpc) is 2.47. The Balaban J connectivity index is 2.40. The van der Waals surface area contributed by atoms with Gasteiger partial charge in [-0.15, -0.1) is 11.6 Å². The van der Waals surface area contributed by atoms with Crippen LogP contribution in [0.25, 0.3) is 0 Å². The number of methoxy groups -OCH3 is 1. The average molecular weight is 330 g/mol. The van der Waals surface area contributed by atoms with Crippen molar-refractivity contribution >= 4 is 28.9 Å². The van der Waals surface area contributed by atoms with Crippen molar-refractivity contribution in [1.82, 2.24) is 9.97 Å². The number of halogens is 2. The number of aromatic nitrogens is 2. The second-order valence-electron chi connectivity index (χ2n) is 3.78. The molecule has 1 aromatic heterocycles. The van der Waals surface area contributed by atoms with Gasteiger partial charge in [-0.2, -0.15) is 0 Å². The fraction of sp³-hybridized carbons (Fsp3) is 0.167. The van der Waals surface area contributed by atoms with Crippen molar-refractivity contribution in [2.45, 2.75) is 5.88 Å². The topological polar surface area (TPSA) is 87.4 Å². The summed E-state index contributed by atoms with van der Waals surface area (Å²) in [6, 6.07) is 3.95. The van der Waals surface area contributed by atoms with E-state index >= 15 is 0 Å². The maximum atomic E-state index is 10.7. The van der Waals surface area contributed by atoms with E-state index in [2.05, 4.69) is 9.97 Å². The van der Waals surface area contributed by atoms with Crippen LogP contribution in [0, 0.1) is 10.1 Å². The molecule has 21 heavy (non-hydrogen) atoms. The molecule has 1 heterocycles. The summed E-state index contributed by atoms with van der Waals surface area (Å²) in [5.41, 5.74) is 0.304. The van der Waals surface area contributed by atoms with Crippen LogP contribution in [0.2, 0.25) is 5.15 Å². The Morgan fingerprint density at radius 3 is 2.71 bits per heavy atom. The molecule has 0 radical (unpaired) electrons. The van der Waals surface area contributed by atoms with Crippen LogP contribution in [0.5, 0.6) is 17.4 Å². The number of non-ortho nitro benzene ring substituents is 1. The van der Waals surface area contributed by atoms with Crippen LogP contribution < -0.4 is 9.47 Å². The normalized spacial score (nSPS) is 10.2. The molecular formula is C12H9Cl2N3O4. The van der Waals surface area contributed by atoms with Crippen molar-refractivity contribution in [2.75, 3.05) is 7.11 Å². The Kier molecular flexibility index (Phi) is 4.77. The minimum Gasteiger partial charge on any atom is -0.493 e. The van der Waals surface area contributed by atoms with Crippen LogP contribution in [0.3, 0.4) is 0 Å². The van der Waals surface area contributed by atoms with Crippen LogP contribution in [0.4, 0.5) is 5.69 Å². The molecule has 0 bridgehead atoms. The molecule has 0 unspecified atom stereocenters. The highest BCUT2D eigenvalue weighted by Crippen LogP contribution is 2.36. The van der Waals surface area contributed by atoms with Gasteiger partial charge in [-0.3, -0.25) is 10.1 Å². The van der Waals surface area contributed by atoms with E-state index in [0.717, 1.165) is 0 Å². The van der Waals surface area contributed by atoms with E-state index in [-0.39, 0.29) is 34.1 Å². The molecule has 0 amide bonds. The number of alkyl halides is 1. The summed E-state index contributed by atoms with van der Waals surface area (Å²) in [4.78, 5) is 18.0. The molecule has 0 aliphatic heterocycles. The van der Waals surface area contributed by atoms with Gasteiger partial charge in [-0.25, -0.2) is 9.97 Å². The van der Waals surface area contributed by atoms with Gasteiger partial charge in [0.15, 0.2) is 11.5 Å². The Morgan fingerprint density at radius 1 is 1.33 bits per heavy atom. The van der Waals surface area contributed by atoms with E-state index in [4.69, 9.17) is 32.7 Å². The Labute approximate surface area is 129 Å². The molecule has 0 saturated heterocycles. The fourth-order valence-electron chi connectivity index (χ4n) is 1.53. The highest BCUT2D eigenvalue weighted by atomic mass is 35.5. The summed E-state index contributed by atoms with van der Waals surface area (Å²) in [6.45, 7) is 0. The Bertz CT molecular complexity index is 682. The van der Waals surface area contributed by atoms with Gasteiger partial charge in [0, 0.05) is 6.07 Å². The molecule has 1 aromatic carbocycles. The summed E-state index contributed by atoms with van der Waals surface area (Å²) in [7, 11) is 1.38. The number of nitrogens with zero attached hydrogens (tertiary/aromatic N) is 3. The third-order valence-electron chi connectivity index (χ3n) is 2.55. The van der Waals surface area contributed by atoms with E-state index in [9.17, 15) is 10.1 Å². The Morgan fingerprint density at radius 2 is 2.10 bits per heavy atom. The maximum Gasteiger partial charge on any atom is 0.273 e. The van der Waals surface area contributed by atoms with Crippen molar-refractivity contribution in [3.05, 3.63) is 45.4 Å². The monoisotopic (exact) mass is 329 g/mol. The van der Waals surface area contributed by atoms with Crippen molar-refractivity contribution < 1.29 is 14.4 Å². The number of benzene rings is 1. The van der Waals surface area contributed by atoms with E-state index in [1.54, 1.807) is 0 Å². The van der Waals surface area contributed by atoms with Crippen LogP contribution >= 0.6 is 23.2 Å². The molecule has 0 aliphatic carbocycles. The molecule has 0 spiro atoms. The highest BCUT2D eigenvalue weighted by Gasteiger charge is 2.16. The first-order chi connectivity index (χ1) is 10.1. The van der Waals surface area contributed by atoms with Gasteiger partial charge in [-0.1, -0.05) is 11.6 Å². The van der Waals surface area contributed by atoms with Crippen LogP contribution in [0.15, 0.2) is 24.5 Å². The number of ether oxygens (including phenoxy) is 2. The molecule has 0 aliphatic rings. The quantitative estimate of drug-likeness (QED) is 0.360. The summed E-state index contributed by atoms with van der Waals surface area (Å²) in [6.07, 6.45) is 1.23. The van der Waals surface area contributed by atoms with Gasteiger partial charge in [0.2, 0.25) is 5.88 Å². The zero-order valence-corrected chi connectivity index (χ0v) is 12.3. The van der Waals surface area contributed by atoms with Crippen molar-refractivity contribution in [3.8, 4) is 17.4 Å². The molecule has 0 fully saturated rings. The second kappa shape index (κ2) is 6.55. The van der Waals surface area contributed by atoms with Crippen molar-refractivity contribution in [2.24, 2.45) is 0 Å². The first-order valence-electron chi connectivity index (χ1n) is 5.62. The largest absolute Gasteiger partial charge is 0.493 e. The highest BCUT2D eigenvalue weighted by molar-refractivity contribution is 6.31. The predicted molar refractivity (Wildman–Crippen MR) is 76.3 cm³/mol. The fourth-order valence-corrected chi connectivity index (χ4v) is 2.04. The Hall–Kier alpha value is -2.12. The molecule has 7 nitrogen and oxygen atoms in total. The lowest BCUT2D eigenvalue weighted by Gasteiger charge is -2.11. The summed E-state index contributed by atoms with van der Waals surface area (Å²) in [5.74, 6) is 0.672. The molecular weight excluding hydrogens is 321 g/mol. The zero-order valence-electron chi connectivity index (χ0n) is 10.7. The third kappa shape index (κ3) is 3.32. The number of hydrogen-bond acceptors (Lipinski definition) is 6. The van der Waals surface area contributed by atoms with Gasteiger partial charge in [0.25, 0.3) is 5.69 Å². The lowest BCUT2D eigenvalue weighted by Crippen LogP contribution is -1.98. The van der Waals surface area contributed by atoms with Gasteiger partial charge in [0.05, 0.1) is 29.5 Å². The van der Waals surface area contributed by atoms with Crippen molar-refractivity contribution in [1.29, 1.82) is 0 Å². The first-order valence-corrected chi connectivity index (χ1v) is 6.53. The lowest BCUT2D eigenvalue weighted by molar-refractivity contribution is -0.384.